The number of β-lactam (4-membered cyclic amide) rings is 1. The van der Waals surface area contributed by atoms with E-state index in [0.29, 0.717) is 42.1 Å². The van der Waals surface area contributed by atoms with Crippen molar-refractivity contribution in [3.63, 3.8) is 0 Å². The Morgan fingerprint density at radius 3 is 2.45 bits per heavy atom. The lowest BCUT2D eigenvalue weighted by atomic mass is 9.92. The molecular formula is C26H26ClFN2O7S. The molecule has 0 spiro atoms. The van der Waals surface area contributed by atoms with Gasteiger partial charge in [0.25, 0.3) is 0 Å². The number of carbonyl (C=O) groups excluding carboxylic acids is 4. The van der Waals surface area contributed by atoms with Crippen LogP contribution in [0.2, 0.25) is 5.02 Å². The molecule has 2 unspecified atom stereocenters. The number of benzene rings is 2. The third-order valence-corrected chi connectivity index (χ3v) is 9.52. The molecular weight excluding hydrogens is 539 g/mol. The van der Waals surface area contributed by atoms with Crippen LogP contribution in [0.3, 0.4) is 0 Å². The maximum Gasteiger partial charge on any atom is 0.228 e. The Kier molecular flexibility index (Phi) is 7.89. The molecule has 38 heavy (non-hydrogen) atoms. The maximum atomic E-state index is 13.7. The van der Waals surface area contributed by atoms with Gasteiger partial charge in [0.2, 0.25) is 26.5 Å². The van der Waals surface area contributed by atoms with Gasteiger partial charge in [0.15, 0.2) is 5.78 Å². The van der Waals surface area contributed by atoms with Crippen LogP contribution in [-0.2, 0) is 35.4 Å². The SMILES string of the molecule is COc1ccc(F)cc1CC1CN2C(=O)CC2(S(=O)(=O)c2ccc(Cl)cc2)C1=O.O=C1CCNC(=O)CC1. The highest BCUT2D eigenvalue weighted by atomic mass is 35.5. The van der Waals surface area contributed by atoms with E-state index in [1.165, 1.54) is 49.6 Å². The number of rotatable bonds is 5. The zero-order valence-electron chi connectivity index (χ0n) is 20.5. The van der Waals surface area contributed by atoms with E-state index in [1.807, 2.05) is 0 Å². The number of hydrogen-bond acceptors (Lipinski definition) is 7. The van der Waals surface area contributed by atoms with Crippen molar-refractivity contribution in [1.29, 1.82) is 0 Å². The van der Waals surface area contributed by atoms with Gasteiger partial charge in [-0.1, -0.05) is 11.6 Å². The minimum Gasteiger partial charge on any atom is -0.496 e. The molecule has 9 nitrogen and oxygen atoms in total. The number of Topliss-reactive ketones (excluding diaryl/α,β-unsaturated/α-hetero) is 2. The molecule has 0 aromatic heterocycles. The van der Waals surface area contributed by atoms with Crippen LogP contribution in [0.15, 0.2) is 47.4 Å². The summed E-state index contributed by atoms with van der Waals surface area (Å²) in [5.41, 5.74) is 0.444. The first kappa shape index (κ1) is 27.7. The Hall–Kier alpha value is -3.31. The molecule has 3 fully saturated rings. The largest absolute Gasteiger partial charge is 0.496 e. The Bertz CT molecular complexity index is 1380. The monoisotopic (exact) mass is 564 g/mol. The number of nitrogens with one attached hydrogen (secondary N) is 1. The summed E-state index contributed by atoms with van der Waals surface area (Å²) in [5, 5.41) is 2.97. The first-order valence-electron chi connectivity index (χ1n) is 12.0. The van der Waals surface area contributed by atoms with E-state index in [2.05, 4.69) is 5.32 Å². The van der Waals surface area contributed by atoms with Gasteiger partial charge in [0, 0.05) is 43.3 Å². The number of sulfone groups is 1. The van der Waals surface area contributed by atoms with E-state index in [0.717, 1.165) is 4.90 Å². The third kappa shape index (κ3) is 5.04. The van der Waals surface area contributed by atoms with Crippen molar-refractivity contribution in [2.45, 2.75) is 41.9 Å². The number of amides is 2. The van der Waals surface area contributed by atoms with E-state index in [9.17, 15) is 32.0 Å². The Balaban J connectivity index is 0.000000317. The minimum absolute atomic E-state index is 0.000787. The summed E-state index contributed by atoms with van der Waals surface area (Å²) in [4.78, 5) is 45.8. The maximum absolute atomic E-state index is 13.7. The highest BCUT2D eigenvalue weighted by Gasteiger charge is 2.70. The third-order valence-electron chi connectivity index (χ3n) is 6.92. The molecule has 0 radical (unpaired) electrons. The quantitative estimate of drug-likeness (QED) is 0.553. The van der Waals surface area contributed by atoms with Crippen LogP contribution < -0.4 is 10.1 Å². The van der Waals surface area contributed by atoms with Crippen LogP contribution in [0.5, 0.6) is 5.75 Å². The second-order valence-electron chi connectivity index (χ2n) is 9.28. The fraction of sp³-hybridized carbons (Fsp3) is 0.385. The number of halogens is 2. The first-order valence-corrected chi connectivity index (χ1v) is 13.8. The second-order valence-corrected chi connectivity index (χ2v) is 11.9. The Labute approximate surface area is 224 Å². The van der Waals surface area contributed by atoms with E-state index < -0.39 is 44.6 Å². The van der Waals surface area contributed by atoms with E-state index in [1.54, 1.807) is 0 Å². The van der Waals surface area contributed by atoms with Crippen LogP contribution >= 0.6 is 11.6 Å². The summed E-state index contributed by atoms with van der Waals surface area (Å²) in [6.07, 6.45) is 0.978. The van der Waals surface area contributed by atoms with Crippen molar-refractivity contribution < 1.29 is 36.7 Å². The molecule has 12 heteroatoms. The molecule has 0 bridgehead atoms. The zero-order valence-corrected chi connectivity index (χ0v) is 22.1. The molecule has 202 valence electrons. The first-order chi connectivity index (χ1) is 18.0. The van der Waals surface area contributed by atoms with E-state index in [4.69, 9.17) is 16.3 Å². The molecule has 5 rings (SSSR count). The van der Waals surface area contributed by atoms with E-state index >= 15 is 0 Å². The van der Waals surface area contributed by atoms with Crippen molar-refractivity contribution >= 4 is 44.8 Å². The number of ether oxygens (including phenoxy) is 1. The molecule has 0 saturated carbocycles. The molecule has 2 atom stereocenters. The van der Waals surface area contributed by atoms with Crippen LogP contribution in [-0.4, -0.2) is 61.8 Å². The van der Waals surface area contributed by atoms with Crippen molar-refractivity contribution in [2.24, 2.45) is 5.92 Å². The highest BCUT2D eigenvalue weighted by Crippen LogP contribution is 2.49. The lowest BCUT2D eigenvalue weighted by molar-refractivity contribution is -0.150. The lowest BCUT2D eigenvalue weighted by Gasteiger charge is -2.44. The Morgan fingerprint density at radius 2 is 1.79 bits per heavy atom. The number of fused-ring (bicyclic) bond motifs is 1. The van der Waals surface area contributed by atoms with E-state index in [-0.39, 0.29) is 29.6 Å². The lowest BCUT2D eigenvalue weighted by Crippen LogP contribution is -2.67. The van der Waals surface area contributed by atoms with Crippen molar-refractivity contribution in [3.8, 4) is 5.75 Å². The predicted molar refractivity (Wildman–Crippen MR) is 135 cm³/mol. The normalized spacial score (nSPS) is 23.0. The van der Waals surface area contributed by atoms with Gasteiger partial charge >= 0.3 is 0 Å². The molecule has 3 aliphatic heterocycles. The molecule has 3 aliphatic rings. The smallest absolute Gasteiger partial charge is 0.228 e. The van der Waals surface area contributed by atoms with Crippen LogP contribution in [0, 0.1) is 11.7 Å². The second kappa shape index (κ2) is 10.8. The van der Waals surface area contributed by atoms with Gasteiger partial charge in [-0.25, -0.2) is 12.8 Å². The van der Waals surface area contributed by atoms with Gasteiger partial charge < -0.3 is 15.0 Å². The fourth-order valence-electron chi connectivity index (χ4n) is 4.92. The van der Waals surface area contributed by atoms with Gasteiger partial charge in [-0.2, -0.15) is 0 Å². The highest BCUT2D eigenvalue weighted by molar-refractivity contribution is 7.93. The van der Waals surface area contributed by atoms with Gasteiger partial charge in [0.1, 0.15) is 17.3 Å². The standard InChI is InChI=1S/C20H17ClFNO5S.C6H9NO2/c1-28-17-7-4-15(22)9-12(17)8-13-11-23-18(24)10-20(23,19(13)25)29(26,27)16-5-2-14(21)3-6-16;8-5-1-2-6(9)7-4-3-5/h2-7,9,13H,8,10-11H2,1H3;1-4H2,(H,7,9). The number of methoxy groups -OCH3 is 1. The van der Waals surface area contributed by atoms with Crippen LogP contribution in [0.25, 0.3) is 0 Å². The van der Waals surface area contributed by atoms with Gasteiger partial charge in [0.05, 0.1) is 18.4 Å². The Morgan fingerprint density at radius 1 is 1.08 bits per heavy atom. The molecule has 3 heterocycles. The average molecular weight is 565 g/mol. The number of ketones is 2. The van der Waals surface area contributed by atoms with Gasteiger partial charge in [-0.05, 0) is 54.4 Å². The summed E-state index contributed by atoms with van der Waals surface area (Å²) < 4.78 is 45.5. The molecule has 2 aromatic rings. The number of nitrogens with zero attached hydrogens (tertiary/aromatic N) is 1. The minimum atomic E-state index is -4.16. The molecule has 1 N–H and O–H groups in total. The van der Waals surface area contributed by atoms with Crippen molar-refractivity contribution in [2.75, 3.05) is 20.2 Å². The predicted octanol–water partition coefficient (Wildman–Crippen LogP) is 2.49. The van der Waals surface area contributed by atoms with Gasteiger partial charge in [-0.15, -0.1) is 0 Å². The summed E-state index contributed by atoms with van der Waals surface area (Å²) in [7, 11) is -2.73. The van der Waals surface area contributed by atoms with Crippen molar-refractivity contribution in [1.82, 2.24) is 10.2 Å². The van der Waals surface area contributed by atoms with Crippen LogP contribution in [0.1, 0.15) is 31.2 Å². The molecule has 2 aromatic carbocycles. The molecule has 0 aliphatic carbocycles. The molecule has 3 saturated heterocycles. The summed E-state index contributed by atoms with van der Waals surface area (Å²) >= 11 is 5.84. The summed E-state index contributed by atoms with van der Waals surface area (Å²) in [6.45, 7) is 0.488. The zero-order chi connectivity index (χ0) is 27.7. The topological polar surface area (TPSA) is 127 Å². The molecule has 2 amide bonds. The fourth-order valence-corrected chi connectivity index (χ4v) is 7.14. The van der Waals surface area contributed by atoms with Crippen LogP contribution in [0.4, 0.5) is 4.39 Å². The number of hydrogen-bond donors (Lipinski definition) is 1. The number of carbonyl (C=O) groups is 4. The van der Waals surface area contributed by atoms with Gasteiger partial charge in [-0.3, -0.25) is 19.2 Å². The summed E-state index contributed by atoms with van der Waals surface area (Å²) in [6, 6.07) is 9.43. The summed E-state index contributed by atoms with van der Waals surface area (Å²) in [5.74, 6) is -1.64. The van der Waals surface area contributed by atoms with Crippen molar-refractivity contribution in [3.05, 3.63) is 58.9 Å². The average Bonchev–Trinajstić information content (AvgIpc) is 2.96.